The summed E-state index contributed by atoms with van der Waals surface area (Å²) in [6.07, 6.45) is 0.271. The maximum absolute atomic E-state index is 12.5. The van der Waals surface area contributed by atoms with Gasteiger partial charge in [0.1, 0.15) is 0 Å². The number of carbonyl (C=O) groups is 2. The molecule has 1 aromatic heterocycles. The van der Waals surface area contributed by atoms with Gasteiger partial charge in [-0.15, -0.1) is 0 Å². The van der Waals surface area contributed by atoms with E-state index in [1.54, 1.807) is 23.1 Å². The number of ether oxygens (including phenoxy) is 3. The van der Waals surface area contributed by atoms with Crippen LogP contribution in [0.4, 0.5) is 9.93 Å². The molecule has 9 heteroatoms. The predicted molar refractivity (Wildman–Crippen MR) is 96.1 cm³/mol. The third-order valence-corrected chi connectivity index (χ3v) is 5.03. The normalized spacial score (nSPS) is 13.0. The molecule has 0 atom stereocenters. The van der Waals surface area contributed by atoms with E-state index in [-0.39, 0.29) is 12.0 Å². The molecule has 0 fully saturated rings. The van der Waals surface area contributed by atoms with Crippen molar-refractivity contribution in [2.75, 3.05) is 33.2 Å². The summed E-state index contributed by atoms with van der Waals surface area (Å²) in [5.41, 5.74) is 1.34. The van der Waals surface area contributed by atoms with Gasteiger partial charge in [-0.2, -0.15) is 0 Å². The molecule has 0 saturated heterocycles. The van der Waals surface area contributed by atoms with E-state index < -0.39 is 0 Å². The zero-order valence-electron chi connectivity index (χ0n) is 14.7. The van der Waals surface area contributed by atoms with Crippen LogP contribution in [0.3, 0.4) is 0 Å². The smallest absolute Gasteiger partial charge is 0.409 e. The molecular formula is C17H19N3O5S. The fourth-order valence-electron chi connectivity index (χ4n) is 2.68. The van der Waals surface area contributed by atoms with Crippen molar-refractivity contribution in [3.63, 3.8) is 0 Å². The molecular weight excluding hydrogens is 358 g/mol. The first-order chi connectivity index (χ1) is 12.5. The van der Waals surface area contributed by atoms with Crippen molar-refractivity contribution < 1.29 is 23.8 Å². The zero-order valence-corrected chi connectivity index (χ0v) is 15.5. The SMILES string of the molecule is COC(=O)N1CCc2nc(NC(=O)c3ccc(OC)c(OC)c3)sc2C1. The Morgan fingerprint density at radius 3 is 2.65 bits per heavy atom. The standard InChI is InChI=1S/C17H19N3O5S/c1-23-12-5-4-10(8-13(12)24-2)15(21)19-16-18-11-6-7-20(17(22)25-3)9-14(11)26-16/h4-5,8H,6-7,9H2,1-3H3,(H,18,19,21). The van der Waals surface area contributed by atoms with Crippen LogP contribution in [0.5, 0.6) is 11.5 Å². The highest BCUT2D eigenvalue weighted by Crippen LogP contribution is 2.30. The van der Waals surface area contributed by atoms with Crippen LogP contribution in [0.15, 0.2) is 18.2 Å². The molecule has 26 heavy (non-hydrogen) atoms. The highest BCUT2D eigenvalue weighted by atomic mass is 32.1. The van der Waals surface area contributed by atoms with Gasteiger partial charge in [0.05, 0.1) is 33.6 Å². The number of hydrogen-bond acceptors (Lipinski definition) is 7. The fourth-order valence-corrected chi connectivity index (χ4v) is 3.70. The van der Waals surface area contributed by atoms with Crippen LogP contribution in [0.1, 0.15) is 20.9 Å². The van der Waals surface area contributed by atoms with E-state index in [9.17, 15) is 9.59 Å². The van der Waals surface area contributed by atoms with Gasteiger partial charge in [0.25, 0.3) is 5.91 Å². The van der Waals surface area contributed by atoms with Crippen molar-refractivity contribution in [3.8, 4) is 11.5 Å². The fraction of sp³-hybridized carbons (Fsp3) is 0.353. The summed E-state index contributed by atoms with van der Waals surface area (Å²) < 4.78 is 15.1. The minimum atomic E-state index is -0.361. The van der Waals surface area contributed by atoms with Crippen molar-refractivity contribution in [1.29, 1.82) is 0 Å². The highest BCUT2D eigenvalue weighted by Gasteiger charge is 2.25. The summed E-state index contributed by atoms with van der Waals surface area (Å²) in [5, 5.41) is 3.30. The van der Waals surface area contributed by atoms with Crippen LogP contribution in [0.25, 0.3) is 0 Å². The van der Waals surface area contributed by atoms with E-state index in [4.69, 9.17) is 14.2 Å². The van der Waals surface area contributed by atoms with Crippen molar-refractivity contribution >= 4 is 28.5 Å². The molecule has 0 unspecified atom stereocenters. The minimum absolute atomic E-state index is 0.290. The summed E-state index contributed by atoms with van der Waals surface area (Å²) in [6.45, 7) is 0.984. The lowest BCUT2D eigenvalue weighted by Crippen LogP contribution is -2.35. The molecule has 1 aromatic carbocycles. The third kappa shape index (κ3) is 3.57. The molecule has 138 valence electrons. The third-order valence-electron chi connectivity index (χ3n) is 4.03. The first-order valence-corrected chi connectivity index (χ1v) is 8.72. The number of nitrogens with zero attached hydrogens (tertiary/aromatic N) is 2. The lowest BCUT2D eigenvalue weighted by Gasteiger charge is -2.24. The van der Waals surface area contributed by atoms with Gasteiger partial charge < -0.3 is 19.1 Å². The van der Waals surface area contributed by atoms with Gasteiger partial charge in [-0.3, -0.25) is 10.1 Å². The minimum Gasteiger partial charge on any atom is -0.493 e. The Hall–Kier alpha value is -2.81. The molecule has 1 N–H and O–H groups in total. The second-order valence-electron chi connectivity index (χ2n) is 5.55. The first-order valence-electron chi connectivity index (χ1n) is 7.90. The van der Waals surface area contributed by atoms with Gasteiger partial charge in [0.2, 0.25) is 0 Å². The average Bonchev–Trinajstić information content (AvgIpc) is 3.07. The summed E-state index contributed by atoms with van der Waals surface area (Å²) in [4.78, 5) is 31.2. The number of aromatic nitrogens is 1. The van der Waals surface area contributed by atoms with Crippen molar-refractivity contribution in [2.24, 2.45) is 0 Å². The Labute approximate surface area is 154 Å². The number of benzene rings is 1. The number of carbonyl (C=O) groups excluding carboxylic acids is 2. The Balaban J connectivity index is 1.73. The lowest BCUT2D eigenvalue weighted by atomic mass is 10.2. The van der Waals surface area contributed by atoms with Gasteiger partial charge >= 0.3 is 6.09 Å². The Kier molecular flexibility index (Phi) is 5.27. The molecule has 1 aliphatic heterocycles. The monoisotopic (exact) mass is 377 g/mol. The van der Waals surface area contributed by atoms with E-state index in [0.717, 1.165) is 10.6 Å². The van der Waals surface area contributed by atoms with E-state index >= 15 is 0 Å². The summed E-state index contributed by atoms with van der Waals surface area (Å²) in [6, 6.07) is 4.94. The zero-order chi connectivity index (χ0) is 18.7. The topological polar surface area (TPSA) is 90.0 Å². The summed E-state index contributed by atoms with van der Waals surface area (Å²) in [7, 11) is 4.41. The Morgan fingerprint density at radius 1 is 1.19 bits per heavy atom. The largest absolute Gasteiger partial charge is 0.493 e. The van der Waals surface area contributed by atoms with Gasteiger partial charge in [-0.05, 0) is 18.2 Å². The van der Waals surface area contributed by atoms with Crippen molar-refractivity contribution in [2.45, 2.75) is 13.0 Å². The summed E-state index contributed by atoms with van der Waals surface area (Å²) >= 11 is 1.36. The number of hydrogen-bond donors (Lipinski definition) is 1. The number of fused-ring (bicyclic) bond motifs is 1. The molecule has 2 amide bonds. The molecule has 0 saturated carbocycles. The van der Waals surface area contributed by atoms with E-state index in [2.05, 4.69) is 10.3 Å². The number of methoxy groups -OCH3 is 3. The van der Waals surface area contributed by atoms with Gasteiger partial charge in [-0.1, -0.05) is 11.3 Å². The second kappa shape index (κ2) is 7.61. The lowest BCUT2D eigenvalue weighted by molar-refractivity contribution is 0.102. The van der Waals surface area contributed by atoms with Crippen LogP contribution in [0, 0.1) is 0 Å². The average molecular weight is 377 g/mol. The first kappa shape index (κ1) is 18.0. The number of thiazole rings is 1. The van der Waals surface area contributed by atoms with Crippen molar-refractivity contribution in [3.05, 3.63) is 34.3 Å². The molecule has 0 radical (unpaired) electrons. The molecule has 0 aliphatic carbocycles. The van der Waals surface area contributed by atoms with E-state index in [0.29, 0.717) is 41.7 Å². The van der Waals surface area contributed by atoms with Gasteiger partial charge in [-0.25, -0.2) is 9.78 Å². The molecule has 0 spiro atoms. The number of anilines is 1. The Bertz CT molecular complexity index is 836. The number of nitrogens with one attached hydrogen (secondary N) is 1. The molecule has 3 rings (SSSR count). The van der Waals surface area contributed by atoms with Gasteiger partial charge in [0.15, 0.2) is 16.6 Å². The maximum atomic E-state index is 12.5. The second-order valence-corrected chi connectivity index (χ2v) is 6.64. The van der Waals surface area contributed by atoms with Crippen LogP contribution in [0.2, 0.25) is 0 Å². The van der Waals surface area contributed by atoms with Crippen LogP contribution in [-0.4, -0.2) is 49.8 Å². The number of rotatable bonds is 4. The predicted octanol–water partition coefficient (Wildman–Crippen LogP) is 2.54. The number of amides is 2. The van der Waals surface area contributed by atoms with Crippen LogP contribution < -0.4 is 14.8 Å². The van der Waals surface area contributed by atoms with Gasteiger partial charge in [0, 0.05) is 23.4 Å². The van der Waals surface area contributed by atoms with E-state index in [1.165, 1.54) is 32.7 Å². The van der Waals surface area contributed by atoms with Crippen LogP contribution >= 0.6 is 11.3 Å². The van der Waals surface area contributed by atoms with Crippen LogP contribution in [-0.2, 0) is 17.7 Å². The molecule has 0 bridgehead atoms. The Morgan fingerprint density at radius 2 is 1.96 bits per heavy atom. The van der Waals surface area contributed by atoms with E-state index in [1.807, 2.05) is 0 Å². The summed E-state index contributed by atoms with van der Waals surface area (Å²) in [5.74, 6) is 0.742. The quantitative estimate of drug-likeness (QED) is 0.881. The molecule has 2 aromatic rings. The molecule has 8 nitrogen and oxygen atoms in total. The van der Waals surface area contributed by atoms with Crippen molar-refractivity contribution in [1.82, 2.24) is 9.88 Å². The maximum Gasteiger partial charge on any atom is 0.409 e. The highest BCUT2D eigenvalue weighted by molar-refractivity contribution is 7.15. The molecule has 2 heterocycles. The molecule has 1 aliphatic rings.